The molecule has 0 aromatic heterocycles. The van der Waals surface area contributed by atoms with Crippen LogP contribution in [0.1, 0.15) is 12.8 Å². The molecular weight excluding hydrogens is 271 g/mol. The van der Waals surface area contributed by atoms with Gasteiger partial charge in [0.25, 0.3) is 0 Å². The largest absolute Gasteiger partial charge is 0.398 e. The monoisotopic (exact) mass is 288 g/mol. The predicted molar refractivity (Wildman–Crippen MR) is 69.5 cm³/mol. The lowest BCUT2D eigenvalue weighted by atomic mass is 10.1. The number of rotatable bonds is 5. The summed E-state index contributed by atoms with van der Waals surface area (Å²) in [6.07, 6.45) is 1.61. The molecule has 0 bridgehead atoms. The van der Waals surface area contributed by atoms with Gasteiger partial charge in [0.05, 0.1) is 5.69 Å². The normalized spacial score (nSPS) is 19.7. The molecule has 1 fully saturated rings. The highest BCUT2D eigenvalue weighted by molar-refractivity contribution is 7.89. The van der Waals surface area contributed by atoms with Gasteiger partial charge in [-0.25, -0.2) is 17.5 Å². The van der Waals surface area contributed by atoms with Crippen molar-refractivity contribution in [1.29, 1.82) is 0 Å². The number of ether oxygens (including phenoxy) is 1. The molecule has 1 heterocycles. The fourth-order valence-corrected chi connectivity index (χ4v) is 3.32. The number of nitrogen functional groups attached to an aromatic ring is 1. The van der Waals surface area contributed by atoms with E-state index in [1.54, 1.807) is 0 Å². The molecule has 5 nitrogen and oxygen atoms in total. The van der Waals surface area contributed by atoms with E-state index < -0.39 is 20.7 Å². The predicted octanol–water partition coefficient (Wildman–Crippen LogP) is 1.11. The van der Waals surface area contributed by atoms with Gasteiger partial charge in [0.2, 0.25) is 10.0 Å². The van der Waals surface area contributed by atoms with Crippen molar-refractivity contribution in [2.45, 2.75) is 17.7 Å². The van der Waals surface area contributed by atoms with E-state index in [0.717, 1.165) is 19.1 Å². The first-order valence-corrected chi connectivity index (χ1v) is 7.60. The molecule has 2 rings (SSSR count). The Morgan fingerprint density at radius 1 is 1.47 bits per heavy atom. The Morgan fingerprint density at radius 3 is 2.89 bits per heavy atom. The fourth-order valence-electron chi connectivity index (χ4n) is 2.09. The lowest BCUT2D eigenvalue weighted by Crippen LogP contribution is -2.27. The van der Waals surface area contributed by atoms with E-state index in [0.29, 0.717) is 18.9 Å². The molecule has 0 spiro atoms. The Balaban J connectivity index is 2.01. The lowest BCUT2D eigenvalue weighted by Gasteiger charge is -2.11. The number of hydrogen-bond donors (Lipinski definition) is 2. The first-order chi connectivity index (χ1) is 9.00. The van der Waals surface area contributed by atoms with Crippen LogP contribution in [-0.4, -0.2) is 28.2 Å². The van der Waals surface area contributed by atoms with Gasteiger partial charge in [-0.1, -0.05) is 6.07 Å². The minimum atomic E-state index is -3.90. The number of benzene rings is 1. The van der Waals surface area contributed by atoms with Crippen LogP contribution >= 0.6 is 0 Å². The SMILES string of the molecule is Nc1cccc(F)c1S(=O)(=O)NCCC1CCOC1. The highest BCUT2D eigenvalue weighted by Crippen LogP contribution is 2.22. The fraction of sp³-hybridized carbons (Fsp3) is 0.500. The van der Waals surface area contributed by atoms with Crippen LogP contribution in [0.3, 0.4) is 0 Å². The van der Waals surface area contributed by atoms with Gasteiger partial charge in [-0.05, 0) is 30.9 Å². The lowest BCUT2D eigenvalue weighted by molar-refractivity contribution is 0.184. The maximum absolute atomic E-state index is 13.6. The summed E-state index contributed by atoms with van der Waals surface area (Å²) in [5.41, 5.74) is 5.44. The van der Waals surface area contributed by atoms with E-state index in [2.05, 4.69) is 4.72 Å². The van der Waals surface area contributed by atoms with Crippen LogP contribution < -0.4 is 10.5 Å². The molecule has 1 saturated heterocycles. The van der Waals surface area contributed by atoms with Crippen molar-refractivity contribution in [1.82, 2.24) is 4.72 Å². The van der Waals surface area contributed by atoms with Gasteiger partial charge < -0.3 is 10.5 Å². The van der Waals surface area contributed by atoms with Crippen molar-refractivity contribution >= 4 is 15.7 Å². The standard InChI is InChI=1S/C12H17FN2O3S/c13-10-2-1-3-11(14)12(10)19(16,17)15-6-4-9-5-7-18-8-9/h1-3,9,15H,4-8,14H2. The minimum absolute atomic E-state index is 0.0864. The van der Waals surface area contributed by atoms with Crippen molar-refractivity contribution in [3.63, 3.8) is 0 Å². The van der Waals surface area contributed by atoms with Crippen LogP contribution in [0.4, 0.5) is 10.1 Å². The third kappa shape index (κ3) is 3.43. The summed E-state index contributed by atoms with van der Waals surface area (Å²) in [6, 6.07) is 3.82. The summed E-state index contributed by atoms with van der Waals surface area (Å²) in [5, 5.41) is 0. The molecule has 19 heavy (non-hydrogen) atoms. The second-order valence-corrected chi connectivity index (χ2v) is 6.28. The molecule has 0 saturated carbocycles. The zero-order valence-electron chi connectivity index (χ0n) is 10.4. The van der Waals surface area contributed by atoms with Crippen molar-refractivity contribution in [2.75, 3.05) is 25.5 Å². The number of hydrogen-bond acceptors (Lipinski definition) is 4. The number of anilines is 1. The van der Waals surface area contributed by atoms with Crippen LogP contribution in [0.2, 0.25) is 0 Å². The molecule has 1 atom stereocenters. The summed E-state index contributed by atoms with van der Waals surface area (Å²) in [4.78, 5) is -0.474. The number of nitrogens with one attached hydrogen (secondary N) is 1. The Labute approximate surface area is 112 Å². The molecule has 0 amide bonds. The van der Waals surface area contributed by atoms with Gasteiger partial charge in [-0.2, -0.15) is 0 Å². The van der Waals surface area contributed by atoms with Crippen molar-refractivity contribution in [2.24, 2.45) is 5.92 Å². The third-order valence-electron chi connectivity index (χ3n) is 3.13. The van der Waals surface area contributed by atoms with Gasteiger partial charge >= 0.3 is 0 Å². The van der Waals surface area contributed by atoms with Gasteiger partial charge in [-0.3, -0.25) is 0 Å². The van der Waals surface area contributed by atoms with Crippen LogP contribution in [0, 0.1) is 11.7 Å². The van der Waals surface area contributed by atoms with E-state index in [9.17, 15) is 12.8 Å². The van der Waals surface area contributed by atoms with Gasteiger partial charge in [0.1, 0.15) is 10.7 Å². The smallest absolute Gasteiger partial charge is 0.245 e. The average molecular weight is 288 g/mol. The number of sulfonamides is 1. The maximum atomic E-state index is 13.6. The molecule has 1 aliphatic heterocycles. The Kier molecular flexibility index (Phi) is 4.38. The summed E-state index contributed by atoms with van der Waals surface area (Å²) < 4.78 is 45.1. The van der Waals surface area contributed by atoms with Crippen LogP contribution in [-0.2, 0) is 14.8 Å². The third-order valence-corrected chi connectivity index (χ3v) is 4.69. The number of nitrogens with two attached hydrogens (primary N) is 1. The Morgan fingerprint density at radius 2 is 2.26 bits per heavy atom. The van der Waals surface area contributed by atoms with Crippen molar-refractivity contribution < 1.29 is 17.5 Å². The van der Waals surface area contributed by atoms with E-state index in [-0.39, 0.29) is 12.2 Å². The molecule has 1 aromatic carbocycles. The van der Waals surface area contributed by atoms with Crippen molar-refractivity contribution in [3.8, 4) is 0 Å². The van der Waals surface area contributed by atoms with Crippen LogP contribution in [0.15, 0.2) is 23.1 Å². The summed E-state index contributed by atoms with van der Waals surface area (Å²) in [5.74, 6) is -0.475. The summed E-state index contributed by atoms with van der Waals surface area (Å²) in [6.45, 7) is 1.63. The minimum Gasteiger partial charge on any atom is -0.398 e. The molecule has 1 unspecified atom stereocenters. The highest BCUT2D eigenvalue weighted by atomic mass is 32.2. The van der Waals surface area contributed by atoms with Crippen LogP contribution in [0.25, 0.3) is 0 Å². The molecule has 0 aliphatic carbocycles. The van der Waals surface area contributed by atoms with Gasteiger partial charge in [-0.15, -0.1) is 0 Å². The zero-order chi connectivity index (χ0) is 13.9. The average Bonchev–Trinajstić information content (AvgIpc) is 2.81. The van der Waals surface area contributed by atoms with Crippen LogP contribution in [0.5, 0.6) is 0 Å². The molecule has 1 aliphatic rings. The first-order valence-electron chi connectivity index (χ1n) is 6.12. The molecule has 3 N–H and O–H groups in total. The van der Waals surface area contributed by atoms with Gasteiger partial charge in [0.15, 0.2) is 0 Å². The Hall–Kier alpha value is -1.18. The van der Waals surface area contributed by atoms with Gasteiger partial charge in [0, 0.05) is 19.8 Å². The maximum Gasteiger partial charge on any atom is 0.245 e. The van der Waals surface area contributed by atoms with Crippen molar-refractivity contribution in [3.05, 3.63) is 24.0 Å². The topological polar surface area (TPSA) is 81.4 Å². The molecule has 7 heteroatoms. The second kappa shape index (κ2) is 5.85. The van der Waals surface area contributed by atoms with E-state index in [1.165, 1.54) is 12.1 Å². The molecular formula is C12H17FN2O3S. The zero-order valence-corrected chi connectivity index (χ0v) is 11.2. The summed E-state index contributed by atoms with van der Waals surface area (Å²) >= 11 is 0. The number of halogens is 1. The molecule has 1 aromatic rings. The second-order valence-electron chi connectivity index (χ2n) is 4.57. The highest BCUT2D eigenvalue weighted by Gasteiger charge is 2.22. The van der Waals surface area contributed by atoms with E-state index in [1.807, 2.05) is 0 Å². The molecule has 0 radical (unpaired) electrons. The van der Waals surface area contributed by atoms with E-state index >= 15 is 0 Å². The molecule has 106 valence electrons. The van der Waals surface area contributed by atoms with E-state index in [4.69, 9.17) is 10.5 Å². The Bertz CT molecular complexity index is 522. The summed E-state index contributed by atoms with van der Waals surface area (Å²) in [7, 11) is -3.90. The first kappa shape index (κ1) is 14.2. The quantitative estimate of drug-likeness (QED) is 0.795.